The molecule has 0 radical (unpaired) electrons. The Labute approximate surface area is 116 Å². The van der Waals surface area contributed by atoms with Crippen molar-refractivity contribution < 1.29 is 49.0 Å². The molecule has 0 atom stereocenters. The molecule has 1 aliphatic heterocycles. The summed E-state index contributed by atoms with van der Waals surface area (Å²) < 4.78 is 0. The van der Waals surface area contributed by atoms with Crippen LogP contribution in [0.25, 0.3) is 0 Å². The normalized spacial score (nSPS) is 14.1. The van der Waals surface area contributed by atoms with Gasteiger partial charge in [-0.3, -0.25) is 14.5 Å². The molecule has 1 heterocycles. The number of carbonyl (C=O) groups is 3. The fourth-order valence-corrected chi connectivity index (χ4v) is 1.37. The fourth-order valence-electron chi connectivity index (χ4n) is 1.37. The van der Waals surface area contributed by atoms with Crippen LogP contribution in [0, 0.1) is 0 Å². The predicted octanol–water partition coefficient (Wildman–Crippen LogP) is -3.77. The first-order valence-corrected chi connectivity index (χ1v) is 4.84. The molecule has 0 N–H and O–H groups in total. The quantitative estimate of drug-likeness (QED) is 0.268. The number of imide groups is 1. The summed E-state index contributed by atoms with van der Waals surface area (Å²) in [4.78, 5) is 33.4. The Morgan fingerprint density at radius 2 is 1.69 bits per heavy atom. The van der Waals surface area contributed by atoms with Crippen LogP contribution in [0.4, 0.5) is 0 Å². The van der Waals surface area contributed by atoms with Gasteiger partial charge in [-0.05, 0) is 19.3 Å². The average Bonchev–Trinajstić information content (AvgIpc) is 2.47. The number of hydrogen-bond acceptors (Lipinski definition) is 4. The first kappa shape index (κ1) is 15.3. The van der Waals surface area contributed by atoms with Gasteiger partial charge in [-0.25, -0.2) is 0 Å². The summed E-state index contributed by atoms with van der Waals surface area (Å²) in [7, 11) is 0. The monoisotopic (exact) mass is 233 g/mol. The SMILES string of the molecule is O=C([O-])CCCCCN1C(=O)C=CC1=O.[Na+]. The number of hydrogen-bond donors (Lipinski definition) is 0. The van der Waals surface area contributed by atoms with Gasteiger partial charge in [0, 0.05) is 24.7 Å². The topological polar surface area (TPSA) is 77.5 Å². The van der Waals surface area contributed by atoms with Gasteiger partial charge in [0.15, 0.2) is 0 Å². The van der Waals surface area contributed by atoms with E-state index in [1.807, 2.05) is 0 Å². The number of amides is 2. The molecule has 0 spiro atoms. The maximum Gasteiger partial charge on any atom is 1.00 e. The van der Waals surface area contributed by atoms with Gasteiger partial charge in [-0.2, -0.15) is 0 Å². The van der Waals surface area contributed by atoms with Crippen molar-refractivity contribution in [3.63, 3.8) is 0 Å². The van der Waals surface area contributed by atoms with Crippen LogP contribution in [0.15, 0.2) is 12.2 Å². The fraction of sp³-hybridized carbons (Fsp3) is 0.500. The van der Waals surface area contributed by atoms with Crippen LogP contribution >= 0.6 is 0 Å². The van der Waals surface area contributed by atoms with Crippen LogP contribution in [0.3, 0.4) is 0 Å². The van der Waals surface area contributed by atoms with E-state index in [0.29, 0.717) is 25.8 Å². The van der Waals surface area contributed by atoms with Gasteiger partial charge in [-0.1, -0.05) is 6.42 Å². The van der Waals surface area contributed by atoms with Crippen LogP contribution in [-0.4, -0.2) is 29.2 Å². The number of rotatable bonds is 6. The zero-order chi connectivity index (χ0) is 11.3. The molecule has 6 heteroatoms. The van der Waals surface area contributed by atoms with Gasteiger partial charge in [0.1, 0.15) is 0 Å². The summed E-state index contributed by atoms with van der Waals surface area (Å²) >= 11 is 0. The molecule has 1 aliphatic rings. The molecular formula is C10H12NNaO4. The Morgan fingerprint density at radius 3 is 2.19 bits per heavy atom. The Morgan fingerprint density at radius 1 is 1.12 bits per heavy atom. The molecular weight excluding hydrogens is 221 g/mol. The summed E-state index contributed by atoms with van der Waals surface area (Å²) in [5, 5.41) is 10.1. The summed E-state index contributed by atoms with van der Waals surface area (Å²) in [5.74, 6) is -1.65. The standard InChI is InChI=1S/C10H13NO4.Na/c12-8-5-6-9(13)11(8)7-3-1-2-4-10(14)15;/h5-6H,1-4,7H2,(H,14,15);/q;+1/p-1. The Bertz CT molecular complexity index is 296. The summed E-state index contributed by atoms with van der Waals surface area (Å²) in [6, 6.07) is 0. The molecule has 0 aliphatic carbocycles. The molecule has 0 saturated heterocycles. The number of carboxylic acid groups (broad SMARTS) is 1. The van der Waals surface area contributed by atoms with Gasteiger partial charge in [0.25, 0.3) is 11.8 Å². The smallest absolute Gasteiger partial charge is 0.550 e. The molecule has 2 amide bonds. The van der Waals surface area contributed by atoms with Crippen molar-refractivity contribution in [3.05, 3.63) is 12.2 Å². The molecule has 82 valence electrons. The van der Waals surface area contributed by atoms with Gasteiger partial charge in [-0.15, -0.1) is 0 Å². The maximum atomic E-state index is 11.1. The molecule has 1 rings (SSSR count). The van der Waals surface area contributed by atoms with Crippen LogP contribution in [-0.2, 0) is 14.4 Å². The van der Waals surface area contributed by atoms with E-state index in [4.69, 9.17) is 0 Å². The van der Waals surface area contributed by atoms with E-state index in [-0.39, 0.29) is 47.8 Å². The third-order valence-corrected chi connectivity index (χ3v) is 2.16. The van der Waals surface area contributed by atoms with Gasteiger partial charge >= 0.3 is 29.6 Å². The van der Waals surface area contributed by atoms with E-state index in [1.165, 1.54) is 12.2 Å². The van der Waals surface area contributed by atoms with E-state index in [0.717, 1.165) is 4.90 Å². The first-order valence-electron chi connectivity index (χ1n) is 4.84. The van der Waals surface area contributed by atoms with Crippen LogP contribution in [0.2, 0.25) is 0 Å². The van der Waals surface area contributed by atoms with Crippen molar-refractivity contribution in [2.75, 3.05) is 6.54 Å². The zero-order valence-corrected chi connectivity index (χ0v) is 11.3. The Hall–Kier alpha value is -0.650. The third-order valence-electron chi connectivity index (χ3n) is 2.16. The van der Waals surface area contributed by atoms with Crippen LogP contribution in [0.5, 0.6) is 0 Å². The van der Waals surface area contributed by atoms with Gasteiger partial charge < -0.3 is 9.90 Å². The predicted molar refractivity (Wildman–Crippen MR) is 49.3 cm³/mol. The first-order chi connectivity index (χ1) is 7.11. The van der Waals surface area contributed by atoms with Crippen molar-refractivity contribution in [1.29, 1.82) is 0 Å². The molecule has 0 aromatic carbocycles. The Balaban J connectivity index is 0.00000225. The van der Waals surface area contributed by atoms with E-state index in [1.54, 1.807) is 0 Å². The van der Waals surface area contributed by atoms with E-state index >= 15 is 0 Å². The third kappa shape index (κ3) is 4.92. The van der Waals surface area contributed by atoms with E-state index in [2.05, 4.69) is 0 Å². The number of carboxylic acids is 1. The minimum atomic E-state index is -1.06. The minimum absolute atomic E-state index is 0. The second-order valence-electron chi connectivity index (χ2n) is 3.34. The number of nitrogens with zero attached hydrogens (tertiary/aromatic N) is 1. The van der Waals surface area contributed by atoms with Crippen molar-refractivity contribution in [2.45, 2.75) is 25.7 Å². The molecule has 5 nitrogen and oxygen atoms in total. The van der Waals surface area contributed by atoms with Crippen molar-refractivity contribution >= 4 is 17.8 Å². The minimum Gasteiger partial charge on any atom is -0.550 e. The number of unbranched alkanes of at least 4 members (excludes halogenated alkanes) is 2. The average molecular weight is 233 g/mol. The Kier molecular flexibility index (Phi) is 7.29. The molecule has 0 fully saturated rings. The molecule has 0 aromatic heterocycles. The molecule has 0 saturated carbocycles. The van der Waals surface area contributed by atoms with Crippen LogP contribution in [0.1, 0.15) is 25.7 Å². The largest absolute Gasteiger partial charge is 1.00 e. The molecule has 0 aromatic rings. The summed E-state index contributed by atoms with van der Waals surface area (Å²) in [6.45, 7) is 0.359. The van der Waals surface area contributed by atoms with Gasteiger partial charge in [0.2, 0.25) is 0 Å². The van der Waals surface area contributed by atoms with E-state index in [9.17, 15) is 19.5 Å². The molecule has 0 unspecified atom stereocenters. The second-order valence-corrected chi connectivity index (χ2v) is 3.34. The second kappa shape index (κ2) is 7.60. The van der Waals surface area contributed by atoms with Crippen molar-refractivity contribution in [3.8, 4) is 0 Å². The maximum absolute atomic E-state index is 11.1. The van der Waals surface area contributed by atoms with Crippen molar-refractivity contribution in [1.82, 2.24) is 4.90 Å². The molecule has 16 heavy (non-hydrogen) atoms. The molecule has 0 bridgehead atoms. The number of carbonyl (C=O) groups excluding carboxylic acids is 3. The van der Waals surface area contributed by atoms with Crippen molar-refractivity contribution in [2.24, 2.45) is 0 Å². The summed E-state index contributed by atoms with van der Waals surface area (Å²) in [6.07, 6.45) is 4.33. The van der Waals surface area contributed by atoms with Crippen LogP contribution < -0.4 is 34.7 Å². The van der Waals surface area contributed by atoms with E-state index < -0.39 is 5.97 Å². The number of aliphatic carboxylic acids is 1. The van der Waals surface area contributed by atoms with Gasteiger partial charge in [0.05, 0.1) is 0 Å². The zero-order valence-electron chi connectivity index (χ0n) is 9.27. The summed E-state index contributed by atoms with van der Waals surface area (Å²) in [5.41, 5.74) is 0.